The van der Waals surface area contributed by atoms with E-state index in [1.807, 2.05) is 0 Å². The first-order chi connectivity index (χ1) is 12.0. The first kappa shape index (κ1) is 17.0. The molecule has 0 saturated heterocycles. The van der Waals surface area contributed by atoms with Gasteiger partial charge in [-0.1, -0.05) is 48.5 Å². The predicted molar refractivity (Wildman–Crippen MR) is 83.7 cm³/mol. The topological polar surface area (TPSA) is 156 Å². The molecule has 2 aliphatic carbocycles. The van der Waals surface area contributed by atoms with Crippen LogP contribution in [0.1, 0.15) is 31.8 Å². The van der Waals surface area contributed by atoms with Crippen LogP contribution in [0.25, 0.3) is 0 Å². The molecule has 0 amide bonds. The van der Waals surface area contributed by atoms with Crippen molar-refractivity contribution in [3.8, 4) is 0 Å². The molecule has 4 rings (SSSR count). The van der Waals surface area contributed by atoms with E-state index in [9.17, 15) is 40.2 Å². The van der Waals surface area contributed by atoms with Crippen molar-refractivity contribution in [1.82, 2.24) is 0 Å². The molecule has 0 spiro atoms. The minimum absolute atomic E-state index is 0.368. The third-order valence-electron chi connectivity index (χ3n) is 5.28. The average Bonchev–Trinajstić information content (AvgIpc) is 2.89. The highest BCUT2D eigenvalue weighted by atomic mass is 16.6. The molecule has 8 heteroatoms. The predicted octanol–water partition coefficient (Wildman–Crippen LogP) is -1.48. The smallest absolute Gasteiger partial charge is 0.232 e. The molecule has 0 saturated carbocycles. The van der Waals surface area contributed by atoms with E-state index >= 15 is 0 Å². The summed E-state index contributed by atoms with van der Waals surface area (Å²) in [6.07, 6.45) is 0. The van der Waals surface area contributed by atoms with Crippen molar-refractivity contribution >= 4 is 11.6 Å². The van der Waals surface area contributed by atoms with Crippen LogP contribution < -0.4 is 0 Å². The van der Waals surface area contributed by atoms with Crippen LogP contribution in [0.3, 0.4) is 0 Å². The van der Waals surface area contributed by atoms with Crippen LogP contribution in [-0.2, 0) is 11.6 Å². The third-order valence-corrected chi connectivity index (χ3v) is 5.28. The first-order valence-corrected chi connectivity index (χ1v) is 7.65. The highest BCUT2D eigenvalue weighted by molar-refractivity contribution is 6.18. The molecule has 0 unspecified atom stereocenters. The van der Waals surface area contributed by atoms with E-state index in [4.69, 9.17) is 0 Å². The van der Waals surface area contributed by atoms with E-state index in [-0.39, 0.29) is 11.1 Å². The van der Waals surface area contributed by atoms with Crippen LogP contribution in [0.5, 0.6) is 0 Å². The van der Waals surface area contributed by atoms with Crippen LogP contribution in [0.15, 0.2) is 48.5 Å². The lowest BCUT2D eigenvalue weighted by Gasteiger charge is -2.46. The fourth-order valence-corrected chi connectivity index (χ4v) is 3.90. The van der Waals surface area contributed by atoms with Crippen LogP contribution in [0, 0.1) is 0 Å². The second-order valence-corrected chi connectivity index (χ2v) is 6.51. The molecule has 0 bridgehead atoms. The lowest BCUT2D eigenvalue weighted by Crippen LogP contribution is -2.75. The normalized spacial score (nSPS) is 31.0. The van der Waals surface area contributed by atoms with E-state index in [1.54, 1.807) is 0 Å². The summed E-state index contributed by atoms with van der Waals surface area (Å²) in [5, 5.41) is 64.2. The summed E-state index contributed by atoms with van der Waals surface area (Å²) in [6, 6.07) is 9.97. The molecular formula is C18H14O8. The van der Waals surface area contributed by atoms with Gasteiger partial charge in [0.2, 0.25) is 34.3 Å². The molecule has 134 valence electrons. The Bertz CT molecular complexity index is 899. The van der Waals surface area contributed by atoms with Crippen molar-refractivity contribution in [3.05, 3.63) is 70.8 Å². The van der Waals surface area contributed by atoms with Crippen molar-refractivity contribution in [2.45, 2.75) is 22.8 Å². The maximum Gasteiger partial charge on any atom is 0.232 e. The Balaban J connectivity index is 2.04. The molecule has 2 atom stereocenters. The maximum atomic E-state index is 12.8. The van der Waals surface area contributed by atoms with Gasteiger partial charge in [0.05, 0.1) is 0 Å². The van der Waals surface area contributed by atoms with Crippen LogP contribution >= 0.6 is 0 Å². The summed E-state index contributed by atoms with van der Waals surface area (Å²) in [4.78, 5) is 25.6. The molecule has 0 fully saturated rings. The van der Waals surface area contributed by atoms with Gasteiger partial charge in [-0.25, -0.2) is 0 Å². The second-order valence-electron chi connectivity index (χ2n) is 6.51. The van der Waals surface area contributed by atoms with Crippen molar-refractivity contribution in [2.24, 2.45) is 0 Å². The zero-order valence-corrected chi connectivity index (χ0v) is 13.1. The van der Waals surface area contributed by atoms with Gasteiger partial charge in [0.15, 0.2) is 0 Å². The Labute approximate surface area is 146 Å². The minimum atomic E-state index is -3.66. The standard InChI is InChI=1S/C18H14O8/c19-13-9-5-1-3-7-11(9)17(23,24)15(13,21)16(22)14(20)10-6-2-4-8-12(10)18(16,25)26/h1-8,21-26H/t15-,16-/m0/s1. The number of hydrogen-bond donors (Lipinski definition) is 6. The lowest BCUT2D eigenvalue weighted by molar-refractivity contribution is -0.359. The number of carbonyl (C=O) groups excluding carboxylic acids is 2. The molecular weight excluding hydrogens is 344 g/mol. The maximum absolute atomic E-state index is 12.8. The van der Waals surface area contributed by atoms with E-state index in [2.05, 4.69) is 0 Å². The molecule has 6 N–H and O–H groups in total. The summed E-state index contributed by atoms with van der Waals surface area (Å²) in [6.45, 7) is 0. The Morgan fingerprint density at radius 1 is 0.538 bits per heavy atom. The highest BCUT2D eigenvalue weighted by Gasteiger charge is 2.82. The summed E-state index contributed by atoms with van der Waals surface area (Å²) < 4.78 is 0. The molecule has 2 aromatic carbocycles. The van der Waals surface area contributed by atoms with E-state index < -0.39 is 45.5 Å². The van der Waals surface area contributed by atoms with E-state index in [1.165, 1.54) is 24.3 Å². The number of fused-ring (bicyclic) bond motifs is 2. The summed E-state index contributed by atoms with van der Waals surface area (Å²) in [5.74, 6) is -9.75. The van der Waals surface area contributed by atoms with Crippen LogP contribution in [0.4, 0.5) is 0 Å². The SMILES string of the molecule is O=C1c2ccccc2C(O)(O)[C@@]1(O)[C@@]1(O)C(=O)c2ccccc2C1(O)O. The molecule has 0 heterocycles. The second kappa shape index (κ2) is 4.63. The van der Waals surface area contributed by atoms with Gasteiger partial charge in [0, 0.05) is 22.3 Å². The Hall–Kier alpha value is -2.46. The number of aliphatic hydroxyl groups is 6. The largest absolute Gasteiger partial charge is 0.374 e. The number of benzene rings is 2. The summed E-state index contributed by atoms with van der Waals surface area (Å²) >= 11 is 0. The van der Waals surface area contributed by atoms with Crippen molar-refractivity contribution < 1.29 is 40.2 Å². The Kier molecular flexibility index (Phi) is 3.02. The quantitative estimate of drug-likeness (QED) is 0.337. The van der Waals surface area contributed by atoms with Gasteiger partial charge in [-0.2, -0.15) is 0 Å². The number of hydrogen-bond acceptors (Lipinski definition) is 8. The van der Waals surface area contributed by atoms with Gasteiger partial charge in [-0.05, 0) is 0 Å². The molecule has 26 heavy (non-hydrogen) atoms. The summed E-state index contributed by atoms with van der Waals surface area (Å²) in [5.41, 5.74) is -9.01. The first-order valence-electron chi connectivity index (χ1n) is 7.65. The number of Topliss-reactive ketones (excluding diaryl/α,β-unsaturated/α-hetero) is 2. The third kappa shape index (κ3) is 1.47. The van der Waals surface area contributed by atoms with Crippen LogP contribution in [-0.4, -0.2) is 53.4 Å². The fourth-order valence-electron chi connectivity index (χ4n) is 3.90. The van der Waals surface area contributed by atoms with Crippen LogP contribution in [0.2, 0.25) is 0 Å². The molecule has 0 aliphatic heterocycles. The van der Waals surface area contributed by atoms with Gasteiger partial charge in [-0.3, -0.25) is 9.59 Å². The molecule has 0 radical (unpaired) electrons. The lowest BCUT2D eigenvalue weighted by atomic mass is 9.70. The van der Waals surface area contributed by atoms with Gasteiger partial charge in [0.25, 0.3) is 0 Å². The van der Waals surface area contributed by atoms with Gasteiger partial charge >= 0.3 is 0 Å². The van der Waals surface area contributed by atoms with E-state index in [0.29, 0.717) is 0 Å². The number of rotatable bonds is 1. The van der Waals surface area contributed by atoms with Gasteiger partial charge in [-0.15, -0.1) is 0 Å². The Morgan fingerprint density at radius 2 is 0.846 bits per heavy atom. The fraction of sp³-hybridized carbons (Fsp3) is 0.222. The zero-order chi connectivity index (χ0) is 19.1. The number of carbonyl (C=O) groups is 2. The monoisotopic (exact) mass is 358 g/mol. The highest BCUT2D eigenvalue weighted by Crippen LogP contribution is 2.56. The van der Waals surface area contributed by atoms with Crippen molar-refractivity contribution in [3.63, 3.8) is 0 Å². The summed E-state index contributed by atoms with van der Waals surface area (Å²) in [7, 11) is 0. The molecule has 8 nitrogen and oxygen atoms in total. The molecule has 0 aromatic heterocycles. The minimum Gasteiger partial charge on any atom is -0.374 e. The average molecular weight is 358 g/mol. The Morgan fingerprint density at radius 3 is 1.15 bits per heavy atom. The van der Waals surface area contributed by atoms with Gasteiger partial charge < -0.3 is 30.6 Å². The zero-order valence-electron chi connectivity index (χ0n) is 13.1. The van der Waals surface area contributed by atoms with E-state index in [0.717, 1.165) is 24.3 Å². The molecule has 2 aromatic rings. The molecule has 2 aliphatic rings. The number of ketones is 2. The van der Waals surface area contributed by atoms with Crippen molar-refractivity contribution in [2.75, 3.05) is 0 Å². The van der Waals surface area contributed by atoms with Crippen molar-refractivity contribution in [1.29, 1.82) is 0 Å². The van der Waals surface area contributed by atoms with Gasteiger partial charge in [0.1, 0.15) is 0 Å².